The molecule has 1 saturated carbocycles. The Bertz CT molecular complexity index is 374. The molecule has 18 heavy (non-hydrogen) atoms. The summed E-state index contributed by atoms with van der Waals surface area (Å²) >= 11 is 0. The van der Waals surface area contributed by atoms with Crippen LogP contribution in [0.25, 0.3) is 0 Å². The van der Waals surface area contributed by atoms with Gasteiger partial charge in [-0.15, -0.1) is 0 Å². The molecule has 0 aromatic rings. The number of hydrogen-bond donors (Lipinski definition) is 1. The first-order valence-corrected chi connectivity index (χ1v) is 8.43. The van der Waals surface area contributed by atoms with Gasteiger partial charge in [-0.3, -0.25) is 4.79 Å². The van der Waals surface area contributed by atoms with Gasteiger partial charge in [0.05, 0.1) is 6.61 Å². The van der Waals surface area contributed by atoms with Gasteiger partial charge in [-0.05, 0) is 19.8 Å². The second-order valence-corrected chi connectivity index (χ2v) is 7.38. The van der Waals surface area contributed by atoms with E-state index in [9.17, 15) is 13.2 Å². The van der Waals surface area contributed by atoms with E-state index in [1.54, 1.807) is 4.90 Å². The van der Waals surface area contributed by atoms with Crippen LogP contribution in [0.4, 0.5) is 0 Å². The van der Waals surface area contributed by atoms with Gasteiger partial charge in [0, 0.05) is 18.8 Å². The van der Waals surface area contributed by atoms with Crippen LogP contribution in [0.15, 0.2) is 0 Å². The lowest BCUT2D eigenvalue weighted by Crippen LogP contribution is -2.48. The zero-order chi connectivity index (χ0) is 13.8. The normalized spacial score (nSPS) is 19.5. The molecule has 1 aliphatic carbocycles. The highest BCUT2D eigenvalue weighted by Crippen LogP contribution is 2.23. The predicted molar refractivity (Wildman–Crippen MR) is 70.0 cm³/mol. The van der Waals surface area contributed by atoms with Crippen LogP contribution in [-0.4, -0.2) is 55.0 Å². The monoisotopic (exact) mass is 277 g/mol. The third-order valence-corrected chi connectivity index (χ3v) is 5.12. The van der Waals surface area contributed by atoms with E-state index in [-0.39, 0.29) is 25.1 Å². The van der Waals surface area contributed by atoms with Crippen molar-refractivity contribution in [2.75, 3.05) is 19.4 Å². The smallest absolute Gasteiger partial charge is 0.240 e. The summed E-state index contributed by atoms with van der Waals surface area (Å²) in [5, 5.41) is 8.04. The molecular weight excluding hydrogens is 254 g/mol. The van der Waals surface area contributed by atoms with Crippen LogP contribution in [0.2, 0.25) is 0 Å². The van der Waals surface area contributed by atoms with Crippen LogP contribution in [0.3, 0.4) is 0 Å². The van der Waals surface area contributed by atoms with Crippen molar-refractivity contribution < 1.29 is 18.3 Å². The van der Waals surface area contributed by atoms with Gasteiger partial charge in [0.1, 0.15) is 5.25 Å². The molecule has 1 amide bonds. The molecule has 1 rings (SSSR count). The average Bonchev–Trinajstić information content (AvgIpc) is 2.34. The maximum absolute atomic E-state index is 12.2. The van der Waals surface area contributed by atoms with Crippen LogP contribution in [0.1, 0.15) is 39.0 Å². The van der Waals surface area contributed by atoms with E-state index in [4.69, 9.17) is 5.11 Å². The number of carbonyl (C=O) groups is 1. The molecule has 106 valence electrons. The first-order chi connectivity index (χ1) is 8.38. The van der Waals surface area contributed by atoms with Gasteiger partial charge >= 0.3 is 0 Å². The third-order valence-electron chi connectivity index (χ3n) is 3.63. The molecule has 6 heteroatoms. The number of aliphatic hydroxyl groups is 1. The van der Waals surface area contributed by atoms with E-state index in [0.29, 0.717) is 0 Å². The molecule has 0 bridgehead atoms. The van der Waals surface area contributed by atoms with Gasteiger partial charge in [0.25, 0.3) is 0 Å². The summed E-state index contributed by atoms with van der Waals surface area (Å²) in [6.07, 6.45) is 6.18. The van der Waals surface area contributed by atoms with Crippen molar-refractivity contribution in [3.8, 4) is 0 Å². The molecule has 1 unspecified atom stereocenters. The lowest BCUT2D eigenvalue weighted by atomic mass is 9.94. The Kier molecular flexibility index (Phi) is 5.59. The molecule has 0 aliphatic heterocycles. The number of sulfone groups is 1. The molecule has 0 heterocycles. The Morgan fingerprint density at radius 2 is 1.89 bits per heavy atom. The average molecular weight is 277 g/mol. The minimum absolute atomic E-state index is 0.0857. The molecule has 0 radical (unpaired) electrons. The van der Waals surface area contributed by atoms with E-state index in [2.05, 4.69) is 0 Å². The van der Waals surface area contributed by atoms with E-state index in [1.807, 2.05) is 0 Å². The number of nitrogens with zero attached hydrogens (tertiary/aromatic N) is 1. The van der Waals surface area contributed by atoms with Crippen LogP contribution >= 0.6 is 0 Å². The number of aliphatic hydroxyl groups excluding tert-OH is 1. The number of rotatable bonds is 5. The van der Waals surface area contributed by atoms with Crippen LogP contribution in [0, 0.1) is 0 Å². The molecule has 0 aromatic heterocycles. The summed E-state index contributed by atoms with van der Waals surface area (Å²) < 4.78 is 22.9. The Labute approximate surface area is 109 Å². The summed E-state index contributed by atoms with van der Waals surface area (Å²) in [4.78, 5) is 13.8. The molecular formula is C12H23NO4S. The van der Waals surface area contributed by atoms with Gasteiger partial charge in [0.15, 0.2) is 9.84 Å². The van der Waals surface area contributed by atoms with E-state index >= 15 is 0 Å². The molecule has 0 spiro atoms. The maximum atomic E-state index is 12.2. The Morgan fingerprint density at radius 1 is 1.33 bits per heavy atom. The van der Waals surface area contributed by atoms with Gasteiger partial charge < -0.3 is 10.0 Å². The zero-order valence-corrected chi connectivity index (χ0v) is 11.9. The Hall–Kier alpha value is -0.620. The largest absolute Gasteiger partial charge is 0.395 e. The minimum atomic E-state index is -3.38. The van der Waals surface area contributed by atoms with Gasteiger partial charge in [-0.25, -0.2) is 8.42 Å². The van der Waals surface area contributed by atoms with Crippen molar-refractivity contribution in [2.45, 2.75) is 50.3 Å². The van der Waals surface area contributed by atoms with Crippen molar-refractivity contribution >= 4 is 15.7 Å². The second-order valence-electron chi connectivity index (χ2n) is 5.02. The highest BCUT2D eigenvalue weighted by molar-refractivity contribution is 7.92. The number of hydrogen-bond acceptors (Lipinski definition) is 4. The Morgan fingerprint density at radius 3 is 2.33 bits per heavy atom. The van der Waals surface area contributed by atoms with Crippen LogP contribution < -0.4 is 0 Å². The SMILES string of the molecule is CC(C(=O)N(CCO)C1CCCCC1)S(C)(=O)=O. The number of amides is 1. The van der Waals surface area contributed by atoms with Crippen LogP contribution in [0.5, 0.6) is 0 Å². The molecule has 1 N–H and O–H groups in total. The zero-order valence-electron chi connectivity index (χ0n) is 11.1. The summed E-state index contributed by atoms with van der Waals surface area (Å²) in [6, 6.07) is 0.0857. The fraction of sp³-hybridized carbons (Fsp3) is 0.917. The predicted octanol–water partition coefficient (Wildman–Crippen LogP) is 0.573. The van der Waals surface area contributed by atoms with Crippen molar-refractivity contribution in [3.05, 3.63) is 0 Å². The lowest BCUT2D eigenvalue weighted by Gasteiger charge is -2.35. The maximum Gasteiger partial charge on any atom is 0.240 e. The van der Waals surface area contributed by atoms with Crippen molar-refractivity contribution in [1.82, 2.24) is 4.90 Å². The third kappa shape index (κ3) is 3.95. The minimum Gasteiger partial charge on any atom is -0.395 e. The number of carbonyl (C=O) groups excluding carboxylic acids is 1. The van der Waals surface area contributed by atoms with Crippen molar-refractivity contribution in [1.29, 1.82) is 0 Å². The van der Waals surface area contributed by atoms with E-state index < -0.39 is 15.1 Å². The molecule has 0 aromatic carbocycles. The first kappa shape index (κ1) is 15.4. The molecule has 1 aliphatic rings. The molecule has 1 atom stereocenters. The first-order valence-electron chi connectivity index (χ1n) is 6.48. The van der Waals surface area contributed by atoms with Gasteiger partial charge in [-0.2, -0.15) is 0 Å². The highest BCUT2D eigenvalue weighted by Gasteiger charge is 2.32. The summed E-state index contributed by atoms with van der Waals surface area (Å²) in [5.74, 6) is -0.376. The topological polar surface area (TPSA) is 74.7 Å². The second kappa shape index (κ2) is 6.52. The molecule has 1 fully saturated rings. The summed E-state index contributed by atoms with van der Waals surface area (Å²) in [5.41, 5.74) is 0. The fourth-order valence-electron chi connectivity index (χ4n) is 2.39. The quantitative estimate of drug-likeness (QED) is 0.797. The summed E-state index contributed by atoms with van der Waals surface area (Å²) in [7, 11) is -3.38. The van der Waals surface area contributed by atoms with Crippen molar-refractivity contribution in [3.63, 3.8) is 0 Å². The standard InChI is InChI=1S/C12H23NO4S/c1-10(18(2,16)17)12(15)13(8-9-14)11-6-4-3-5-7-11/h10-11,14H,3-9H2,1-2H3. The summed E-state index contributed by atoms with van der Waals surface area (Å²) in [6.45, 7) is 1.52. The Balaban J connectivity index is 2.80. The van der Waals surface area contributed by atoms with E-state index in [0.717, 1.165) is 31.9 Å². The highest BCUT2D eigenvalue weighted by atomic mass is 32.2. The fourth-order valence-corrected chi connectivity index (χ4v) is 2.89. The van der Waals surface area contributed by atoms with Crippen LogP contribution in [-0.2, 0) is 14.6 Å². The van der Waals surface area contributed by atoms with Gasteiger partial charge in [-0.1, -0.05) is 19.3 Å². The molecule has 5 nitrogen and oxygen atoms in total. The van der Waals surface area contributed by atoms with Crippen molar-refractivity contribution in [2.24, 2.45) is 0 Å². The lowest BCUT2D eigenvalue weighted by molar-refractivity contribution is -0.134. The van der Waals surface area contributed by atoms with E-state index in [1.165, 1.54) is 13.3 Å². The van der Waals surface area contributed by atoms with Gasteiger partial charge in [0.2, 0.25) is 5.91 Å². The molecule has 0 saturated heterocycles.